The van der Waals surface area contributed by atoms with Crippen LogP contribution in [-0.4, -0.2) is 15.2 Å². The number of thiophene rings is 1. The highest BCUT2D eigenvalue weighted by molar-refractivity contribution is 7.18. The van der Waals surface area contributed by atoms with Gasteiger partial charge in [0.1, 0.15) is 11.8 Å². The molecule has 0 aliphatic heterocycles. The van der Waals surface area contributed by atoms with E-state index in [1.54, 1.807) is 17.5 Å². The predicted molar refractivity (Wildman–Crippen MR) is 90.8 cm³/mol. The summed E-state index contributed by atoms with van der Waals surface area (Å²) >= 11 is 1.62. The Morgan fingerprint density at radius 2 is 1.61 bits per heavy atom. The summed E-state index contributed by atoms with van der Waals surface area (Å²) in [6.07, 6.45) is 1.78. The fraction of sp³-hybridized carbons (Fsp3) is 0. The van der Waals surface area contributed by atoms with Crippen LogP contribution < -0.4 is 0 Å². The fourth-order valence-corrected chi connectivity index (χ4v) is 3.46. The third-order valence-corrected chi connectivity index (χ3v) is 4.66. The zero-order valence-electron chi connectivity index (χ0n) is 12.0. The minimum atomic E-state index is 0.353. The largest absolute Gasteiger partial charge is 0.255 e. The van der Waals surface area contributed by atoms with Crippen molar-refractivity contribution < 1.29 is 0 Å². The van der Waals surface area contributed by atoms with Crippen LogP contribution in [0.4, 0.5) is 0 Å². The van der Waals surface area contributed by atoms with Gasteiger partial charge in [-0.25, -0.2) is 0 Å². The smallest absolute Gasteiger partial charge is 0.170 e. The van der Waals surface area contributed by atoms with E-state index in [1.807, 2.05) is 54.6 Å². The molecule has 5 heteroatoms. The van der Waals surface area contributed by atoms with Crippen molar-refractivity contribution in [1.82, 2.24) is 15.2 Å². The molecule has 0 atom stereocenters. The maximum absolute atomic E-state index is 9.19. The molecule has 23 heavy (non-hydrogen) atoms. The number of hydrogen-bond donors (Lipinski definition) is 0. The van der Waals surface area contributed by atoms with Crippen LogP contribution in [0.15, 0.2) is 60.8 Å². The van der Waals surface area contributed by atoms with Gasteiger partial charge in [-0.05, 0) is 24.3 Å². The van der Waals surface area contributed by atoms with Gasteiger partial charge in [-0.1, -0.05) is 30.3 Å². The van der Waals surface area contributed by atoms with E-state index in [2.05, 4.69) is 21.3 Å². The molecule has 4 rings (SSSR count). The first-order valence-electron chi connectivity index (χ1n) is 7.04. The second-order valence-electron chi connectivity index (χ2n) is 4.93. The number of nitriles is 1. The van der Waals surface area contributed by atoms with Crippen molar-refractivity contribution in [2.45, 2.75) is 0 Å². The monoisotopic (exact) mass is 314 g/mol. The van der Waals surface area contributed by atoms with Crippen molar-refractivity contribution in [1.29, 1.82) is 5.26 Å². The topological polar surface area (TPSA) is 62.5 Å². The molecule has 0 N–H and O–H groups in total. The molecule has 4 nitrogen and oxygen atoms in total. The zero-order valence-corrected chi connectivity index (χ0v) is 12.8. The Hall–Kier alpha value is -3.10. The van der Waals surface area contributed by atoms with Crippen LogP contribution in [0.3, 0.4) is 0 Å². The minimum Gasteiger partial charge on any atom is -0.255 e. The molecule has 0 saturated heterocycles. The Bertz CT molecular complexity index is 1030. The van der Waals surface area contributed by atoms with Gasteiger partial charge in [-0.3, -0.25) is 4.98 Å². The second kappa shape index (κ2) is 5.59. The number of nitrogens with zero attached hydrogens (tertiary/aromatic N) is 4. The quantitative estimate of drug-likeness (QED) is 0.553. The molecule has 0 spiro atoms. The highest BCUT2D eigenvalue weighted by Gasteiger charge is 2.13. The number of fused-ring (bicyclic) bond motifs is 1. The van der Waals surface area contributed by atoms with Crippen molar-refractivity contribution in [2.75, 3.05) is 0 Å². The Kier molecular flexibility index (Phi) is 3.30. The number of benzene rings is 1. The summed E-state index contributed by atoms with van der Waals surface area (Å²) in [4.78, 5) is 6.47. The molecule has 3 heterocycles. The van der Waals surface area contributed by atoms with E-state index >= 15 is 0 Å². The molecule has 0 fully saturated rings. The van der Waals surface area contributed by atoms with Crippen LogP contribution in [0, 0.1) is 11.3 Å². The fourth-order valence-electron chi connectivity index (χ4n) is 2.48. The van der Waals surface area contributed by atoms with Crippen molar-refractivity contribution in [2.24, 2.45) is 0 Å². The van der Waals surface area contributed by atoms with E-state index in [-0.39, 0.29) is 0 Å². The summed E-state index contributed by atoms with van der Waals surface area (Å²) in [5.41, 5.74) is 2.09. The molecule has 0 unspecified atom stereocenters. The molecule has 0 bridgehead atoms. The molecular formula is C18H10N4S. The van der Waals surface area contributed by atoms with Gasteiger partial charge in [0.25, 0.3) is 0 Å². The van der Waals surface area contributed by atoms with Crippen molar-refractivity contribution in [3.8, 4) is 27.2 Å². The highest BCUT2D eigenvalue weighted by Crippen LogP contribution is 2.35. The first-order valence-corrected chi connectivity index (χ1v) is 7.85. The minimum absolute atomic E-state index is 0.353. The van der Waals surface area contributed by atoms with Crippen LogP contribution in [0.25, 0.3) is 31.9 Å². The van der Waals surface area contributed by atoms with Crippen LogP contribution in [0.5, 0.6) is 0 Å². The van der Waals surface area contributed by atoms with Gasteiger partial charge in [0.2, 0.25) is 0 Å². The van der Waals surface area contributed by atoms with E-state index in [4.69, 9.17) is 0 Å². The number of pyridine rings is 1. The summed E-state index contributed by atoms with van der Waals surface area (Å²) in [5, 5.41) is 19.3. The van der Waals surface area contributed by atoms with E-state index < -0.39 is 0 Å². The van der Waals surface area contributed by atoms with Gasteiger partial charge in [0.15, 0.2) is 5.69 Å². The molecule has 0 aliphatic carbocycles. The van der Waals surface area contributed by atoms with Gasteiger partial charge in [-0.2, -0.15) is 5.26 Å². The van der Waals surface area contributed by atoms with E-state index in [1.165, 1.54) is 0 Å². The average molecular weight is 314 g/mol. The summed E-state index contributed by atoms with van der Waals surface area (Å²) in [6, 6.07) is 19.7. The first kappa shape index (κ1) is 13.6. The van der Waals surface area contributed by atoms with Crippen LogP contribution >= 0.6 is 11.3 Å². The standard InChI is InChI=1S/C18H10N4S/c19-11-15-12-5-1-2-6-13(12)18(22-21-15)17-9-8-16(23-17)14-7-3-4-10-20-14/h1-10H. The molecule has 1 aromatic carbocycles. The van der Waals surface area contributed by atoms with E-state index in [0.717, 1.165) is 31.9 Å². The number of aromatic nitrogens is 3. The lowest BCUT2D eigenvalue weighted by Gasteiger charge is -2.03. The maximum atomic E-state index is 9.19. The average Bonchev–Trinajstić information content (AvgIpc) is 3.11. The molecule has 3 aromatic heterocycles. The van der Waals surface area contributed by atoms with Gasteiger partial charge < -0.3 is 0 Å². The summed E-state index contributed by atoms with van der Waals surface area (Å²) in [5.74, 6) is 0. The second-order valence-corrected chi connectivity index (χ2v) is 6.02. The number of rotatable bonds is 2. The molecule has 0 saturated carbocycles. The Balaban J connectivity index is 1.88. The molecule has 0 aliphatic rings. The molecule has 0 radical (unpaired) electrons. The van der Waals surface area contributed by atoms with Crippen molar-refractivity contribution >= 4 is 22.1 Å². The SMILES string of the molecule is N#Cc1nnc(-c2ccc(-c3ccccn3)s2)c2ccccc12. The summed E-state index contributed by atoms with van der Waals surface area (Å²) in [7, 11) is 0. The zero-order chi connectivity index (χ0) is 15.6. The molecule has 0 amide bonds. The lowest BCUT2D eigenvalue weighted by molar-refractivity contribution is 1.04. The lowest BCUT2D eigenvalue weighted by atomic mass is 10.1. The lowest BCUT2D eigenvalue weighted by Crippen LogP contribution is -1.93. The van der Waals surface area contributed by atoms with Gasteiger partial charge in [0, 0.05) is 17.0 Å². The first-order chi connectivity index (χ1) is 11.4. The third kappa shape index (κ3) is 2.35. The Morgan fingerprint density at radius 3 is 2.39 bits per heavy atom. The van der Waals surface area contributed by atoms with Crippen molar-refractivity contribution in [3.05, 3.63) is 66.5 Å². The van der Waals surface area contributed by atoms with Crippen LogP contribution in [0.2, 0.25) is 0 Å². The molecule has 4 aromatic rings. The van der Waals surface area contributed by atoms with Gasteiger partial charge in [0.05, 0.1) is 15.4 Å². The predicted octanol–water partition coefficient (Wildman–Crippen LogP) is 4.29. The van der Waals surface area contributed by atoms with Crippen molar-refractivity contribution in [3.63, 3.8) is 0 Å². The molecular weight excluding hydrogens is 304 g/mol. The normalized spacial score (nSPS) is 10.6. The van der Waals surface area contributed by atoms with Crippen LogP contribution in [-0.2, 0) is 0 Å². The summed E-state index contributed by atoms with van der Waals surface area (Å²) < 4.78 is 0. The van der Waals surface area contributed by atoms with Gasteiger partial charge in [-0.15, -0.1) is 21.5 Å². The Labute approximate surface area is 136 Å². The third-order valence-electron chi connectivity index (χ3n) is 3.55. The maximum Gasteiger partial charge on any atom is 0.170 e. The van der Waals surface area contributed by atoms with Crippen LogP contribution in [0.1, 0.15) is 5.69 Å². The number of hydrogen-bond acceptors (Lipinski definition) is 5. The Morgan fingerprint density at radius 1 is 0.826 bits per heavy atom. The van der Waals surface area contributed by atoms with E-state index in [0.29, 0.717) is 5.69 Å². The summed E-state index contributed by atoms with van der Waals surface area (Å²) in [6.45, 7) is 0. The molecule has 108 valence electrons. The van der Waals surface area contributed by atoms with Gasteiger partial charge >= 0.3 is 0 Å². The van der Waals surface area contributed by atoms with E-state index in [9.17, 15) is 5.26 Å². The highest BCUT2D eigenvalue weighted by atomic mass is 32.1.